The summed E-state index contributed by atoms with van der Waals surface area (Å²) < 4.78 is 18.4. The number of anilines is 1. The fourth-order valence-corrected chi connectivity index (χ4v) is 5.12. The third kappa shape index (κ3) is 5.74. The topological polar surface area (TPSA) is 58.6 Å². The molecule has 3 aromatic rings. The third-order valence-corrected chi connectivity index (χ3v) is 6.53. The van der Waals surface area contributed by atoms with Crippen LogP contribution in [0, 0.1) is 5.82 Å². The number of thiophene rings is 1. The van der Waals surface area contributed by atoms with Gasteiger partial charge in [0.25, 0.3) is 0 Å². The van der Waals surface area contributed by atoms with Crippen molar-refractivity contribution in [2.75, 3.05) is 18.5 Å². The average molecular weight is 465 g/mol. The lowest BCUT2D eigenvalue weighted by atomic mass is 10.0. The molecule has 2 heterocycles. The second kappa shape index (κ2) is 10.6. The Morgan fingerprint density at radius 1 is 1.15 bits per heavy atom. The molecule has 0 radical (unpaired) electrons. The van der Waals surface area contributed by atoms with Gasteiger partial charge in [0, 0.05) is 30.6 Å². The van der Waals surface area contributed by atoms with Gasteiger partial charge >= 0.3 is 5.97 Å². The van der Waals surface area contributed by atoms with Gasteiger partial charge < -0.3 is 10.1 Å². The van der Waals surface area contributed by atoms with E-state index in [-0.39, 0.29) is 18.3 Å². The van der Waals surface area contributed by atoms with E-state index in [1.807, 2.05) is 18.2 Å². The Bertz CT molecular complexity index is 1160. The summed E-state index contributed by atoms with van der Waals surface area (Å²) in [5.74, 6) is -1.10. The number of carbonyl (C=O) groups excluding carboxylic acids is 2. The van der Waals surface area contributed by atoms with Crippen molar-refractivity contribution in [3.63, 3.8) is 0 Å². The summed E-state index contributed by atoms with van der Waals surface area (Å²) in [6, 6.07) is 16.1. The molecular weight excluding hydrogens is 439 g/mol. The van der Waals surface area contributed by atoms with E-state index in [1.165, 1.54) is 35.1 Å². The van der Waals surface area contributed by atoms with Gasteiger partial charge in [-0.3, -0.25) is 9.69 Å². The first-order chi connectivity index (χ1) is 16.0. The number of carbonyl (C=O) groups is 2. The second-order valence-corrected chi connectivity index (χ2v) is 8.85. The van der Waals surface area contributed by atoms with E-state index in [1.54, 1.807) is 25.1 Å². The minimum atomic E-state index is -0.413. The zero-order chi connectivity index (χ0) is 23.2. The van der Waals surface area contributed by atoms with Crippen LogP contribution in [0.4, 0.5) is 9.39 Å². The van der Waals surface area contributed by atoms with Crippen LogP contribution in [-0.2, 0) is 29.0 Å². The first-order valence-corrected chi connectivity index (χ1v) is 11.7. The molecule has 1 amide bonds. The van der Waals surface area contributed by atoms with Gasteiger partial charge in [0.15, 0.2) is 0 Å². The molecule has 2 aromatic carbocycles. The van der Waals surface area contributed by atoms with Crippen LogP contribution in [-0.4, -0.2) is 29.9 Å². The van der Waals surface area contributed by atoms with Gasteiger partial charge in [0.2, 0.25) is 5.91 Å². The molecule has 170 valence electrons. The number of nitrogens with one attached hydrogen (secondary N) is 1. The van der Waals surface area contributed by atoms with Crippen LogP contribution in [0.2, 0.25) is 0 Å². The van der Waals surface area contributed by atoms with Gasteiger partial charge in [-0.05, 0) is 48.2 Å². The molecule has 0 saturated heterocycles. The minimum Gasteiger partial charge on any atom is -0.462 e. The third-order valence-electron chi connectivity index (χ3n) is 5.40. The first kappa shape index (κ1) is 22.9. The van der Waals surface area contributed by atoms with Crippen LogP contribution in [0.5, 0.6) is 0 Å². The quantitative estimate of drug-likeness (QED) is 0.382. The van der Waals surface area contributed by atoms with E-state index in [2.05, 4.69) is 22.3 Å². The molecule has 0 atom stereocenters. The lowest BCUT2D eigenvalue weighted by molar-refractivity contribution is -0.111. The minimum absolute atomic E-state index is 0.265. The first-order valence-electron chi connectivity index (χ1n) is 10.9. The summed E-state index contributed by atoms with van der Waals surface area (Å²) in [6.45, 7) is 4.39. The van der Waals surface area contributed by atoms with E-state index in [0.717, 1.165) is 23.5 Å². The number of benzene rings is 2. The highest BCUT2D eigenvalue weighted by Crippen LogP contribution is 2.38. The number of hydrogen-bond acceptors (Lipinski definition) is 5. The van der Waals surface area contributed by atoms with Gasteiger partial charge in [-0.25, -0.2) is 9.18 Å². The summed E-state index contributed by atoms with van der Waals surface area (Å²) in [7, 11) is 0. The van der Waals surface area contributed by atoms with Crippen LogP contribution in [0.15, 0.2) is 60.7 Å². The second-order valence-electron chi connectivity index (χ2n) is 7.75. The van der Waals surface area contributed by atoms with Crippen molar-refractivity contribution in [3.8, 4) is 0 Å². The molecule has 33 heavy (non-hydrogen) atoms. The fourth-order valence-electron chi connectivity index (χ4n) is 3.84. The molecule has 0 spiro atoms. The van der Waals surface area contributed by atoms with Crippen molar-refractivity contribution in [3.05, 3.63) is 93.6 Å². The zero-order valence-electron chi connectivity index (χ0n) is 18.3. The molecule has 0 fully saturated rings. The van der Waals surface area contributed by atoms with Crippen molar-refractivity contribution < 1.29 is 18.7 Å². The molecule has 0 saturated carbocycles. The maximum absolute atomic E-state index is 13.1. The van der Waals surface area contributed by atoms with Gasteiger partial charge in [0.1, 0.15) is 10.8 Å². The Labute approximate surface area is 196 Å². The van der Waals surface area contributed by atoms with Crippen LogP contribution in [0.3, 0.4) is 0 Å². The van der Waals surface area contributed by atoms with Crippen LogP contribution in [0.1, 0.15) is 38.8 Å². The number of nitrogens with zero attached hydrogens (tertiary/aromatic N) is 1. The van der Waals surface area contributed by atoms with Gasteiger partial charge in [-0.1, -0.05) is 42.5 Å². The number of ether oxygens (including phenoxy) is 1. The predicted octanol–water partition coefficient (Wildman–Crippen LogP) is 5.27. The molecule has 0 aliphatic carbocycles. The summed E-state index contributed by atoms with van der Waals surface area (Å²) in [5, 5.41) is 3.36. The number of rotatable bonds is 7. The molecule has 1 aromatic heterocycles. The van der Waals surface area contributed by atoms with Crippen molar-refractivity contribution in [1.29, 1.82) is 0 Å². The number of amides is 1. The molecular formula is C26H25FN2O3S. The number of fused-ring (bicyclic) bond motifs is 1. The Morgan fingerprint density at radius 3 is 2.64 bits per heavy atom. The Balaban J connectivity index is 1.53. The van der Waals surface area contributed by atoms with Crippen LogP contribution < -0.4 is 5.32 Å². The highest BCUT2D eigenvalue weighted by Gasteiger charge is 2.29. The highest BCUT2D eigenvalue weighted by atomic mass is 32.1. The van der Waals surface area contributed by atoms with Crippen molar-refractivity contribution in [2.24, 2.45) is 0 Å². The SMILES string of the molecule is CCOC(=O)c1c(NC(=O)/C=C/c2ccc(F)cc2)sc2c1CCN(Cc1ccccc1)C2. The van der Waals surface area contributed by atoms with Crippen molar-refractivity contribution >= 4 is 34.3 Å². The van der Waals surface area contributed by atoms with Crippen LogP contribution in [0.25, 0.3) is 6.08 Å². The molecule has 7 heteroatoms. The maximum atomic E-state index is 13.1. The zero-order valence-corrected chi connectivity index (χ0v) is 19.2. The van der Waals surface area contributed by atoms with E-state index >= 15 is 0 Å². The van der Waals surface area contributed by atoms with Crippen molar-refractivity contribution in [2.45, 2.75) is 26.4 Å². The molecule has 1 N–H and O–H groups in total. The lowest BCUT2D eigenvalue weighted by Gasteiger charge is -2.27. The summed E-state index contributed by atoms with van der Waals surface area (Å²) in [4.78, 5) is 28.7. The summed E-state index contributed by atoms with van der Waals surface area (Å²) in [6.07, 6.45) is 3.70. The fraction of sp³-hybridized carbons (Fsp3) is 0.231. The predicted molar refractivity (Wildman–Crippen MR) is 129 cm³/mol. The van der Waals surface area contributed by atoms with Crippen molar-refractivity contribution in [1.82, 2.24) is 4.90 Å². The molecule has 1 aliphatic rings. The average Bonchev–Trinajstić information content (AvgIpc) is 3.16. The smallest absolute Gasteiger partial charge is 0.341 e. The summed E-state index contributed by atoms with van der Waals surface area (Å²) in [5.41, 5.74) is 3.36. The molecule has 0 unspecified atom stereocenters. The monoisotopic (exact) mass is 464 g/mol. The molecule has 4 rings (SSSR count). The Kier molecular flexibility index (Phi) is 7.32. The molecule has 0 bridgehead atoms. The molecule has 5 nitrogen and oxygen atoms in total. The van der Waals surface area contributed by atoms with Gasteiger partial charge in [0.05, 0.1) is 12.2 Å². The van der Waals surface area contributed by atoms with E-state index in [0.29, 0.717) is 29.1 Å². The molecule has 1 aliphatic heterocycles. The number of halogens is 1. The summed E-state index contributed by atoms with van der Waals surface area (Å²) >= 11 is 1.42. The number of esters is 1. The normalized spacial score (nSPS) is 13.6. The number of hydrogen-bond donors (Lipinski definition) is 1. The van der Waals surface area contributed by atoms with E-state index < -0.39 is 5.97 Å². The Hall–Kier alpha value is -3.29. The van der Waals surface area contributed by atoms with Crippen LogP contribution >= 0.6 is 11.3 Å². The maximum Gasteiger partial charge on any atom is 0.341 e. The van der Waals surface area contributed by atoms with E-state index in [4.69, 9.17) is 4.74 Å². The highest BCUT2D eigenvalue weighted by molar-refractivity contribution is 7.17. The lowest BCUT2D eigenvalue weighted by Crippen LogP contribution is -2.29. The van der Waals surface area contributed by atoms with Gasteiger partial charge in [-0.15, -0.1) is 11.3 Å². The largest absolute Gasteiger partial charge is 0.462 e. The standard InChI is InChI=1S/C26H25FN2O3S/c1-2-32-26(31)24-21-14-15-29(16-19-6-4-3-5-7-19)17-22(21)33-25(24)28-23(30)13-10-18-8-11-20(27)12-9-18/h3-13H,2,14-17H2,1H3,(H,28,30)/b13-10+. The van der Waals surface area contributed by atoms with E-state index in [9.17, 15) is 14.0 Å². The Morgan fingerprint density at radius 2 is 1.91 bits per heavy atom. The van der Waals surface area contributed by atoms with Gasteiger partial charge in [-0.2, -0.15) is 0 Å².